The molecule has 1 aliphatic carbocycles. The molecule has 38 heavy (non-hydrogen) atoms. The van der Waals surface area contributed by atoms with Crippen molar-refractivity contribution < 1.29 is 23.5 Å². The lowest BCUT2D eigenvalue weighted by molar-refractivity contribution is -0.136. The number of benzene rings is 1. The van der Waals surface area contributed by atoms with E-state index in [0.717, 1.165) is 25.2 Å². The molecule has 2 unspecified atom stereocenters. The molecule has 4 rings (SSSR count). The zero-order valence-electron chi connectivity index (χ0n) is 22.3. The van der Waals surface area contributed by atoms with E-state index in [1.807, 2.05) is 11.0 Å². The van der Waals surface area contributed by atoms with E-state index in [2.05, 4.69) is 11.8 Å². The van der Waals surface area contributed by atoms with Crippen LogP contribution in [0.4, 0.5) is 9.18 Å². The van der Waals surface area contributed by atoms with Gasteiger partial charge < -0.3 is 14.4 Å². The van der Waals surface area contributed by atoms with Crippen LogP contribution in [-0.2, 0) is 20.8 Å². The number of carbonyl (C=O) groups is 2. The lowest BCUT2D eigenvalue weighted by Gasteiger charge is -2.40. The van der Waals surface area contributed by atoms with Gasteiger partial charge in [0.05, 0.1) is 12.4 Å². The maximum absolute atomic E-state index is 13.5. The Hall–Kier alpha value is -3.10. The topological polar surface area (TPSA) is 62.3 Å². The van der Waals surface area contributed by atoms with Gasteiger partial charge in [0.15, 0.2) is 0 Å². The Morgan fingerprint density at radius 2 is 1.92 bits per heavy atom. The molecule has 0 bridgehead atoms. The van der Waals surface area contributed by atoms with Gasteiger partial charge in [-0.2, -0.15) is 0 Å². The molecule has 1 saturated heterocycles. The van der Waals surface area contributed by atoms with Crippen LogP contribution >= 0.6 is 11.6 Å². The first-order valence-corrected chi connectivity index (χ1v) is 13.3. The zero-order chi connectivity index (χ0) is 27.4. The zero-order valence-corrected chi connectivity index (χ0v) is 23.1. The minimum absolute atomic E-state index is 0.0365. The van der Waals surface area contributed by atoms with Crippen molar-refractivity contribution in [1.29, 1.82) is 0 Å². The third-order valence-electron chi connectivity index (χ3n) is 6.67. The molecule has 0 saturated carbocycles. The highest BCUT2D eigenvalue weighted by molar-refractivity contribution is 6.32. The molecule has 1 aromatic carbocycles. The van der Waals surface area contributed by atoms with Crippen molar-refractivity contribution in [3.05, 3.63) is 82.8 Å². The van der Waals surface area contributed by atoms with Crippen molar-refractivity contribution in [2.75, 3.05) is 19.6 Å². The van der Waals surface area contributed by atoms with Gasteiger partial charge in [0.1, 0.15) is 23.4 Å². The summed E-state index contributed by atoms with van der Waals surface area (Å²) in [5.41, 5.74) is 1.10. The van der Waals surface area contributed by atoms with Crippen LogP contribution in [0.15, 0.2) is 71.4 Å². The summed E-state index contributed by atoms with van der Waals surface area (Å²) >= 11 is 6.61. The Bertz CT molecular complexity index is 1170. The van der Waals surface area contributed by atoms with Crippen molar-refractivity contribution in [2.45, 2.75) is 58.7 Å². The third kappa shape index (κ3) is 7.05. The minimum atomic E-state index is -0.642. The van der Waals surface area contributed by atoms with Crippen molar-refractivity contribution >= 4 is 23.6 Å². The van der Waals surface area contributed by atoms with Crippen molar-refractivity contribution in [1.82, 2.24) is 14.7 Å². The maximum Gasteiger partial charge on any atom is 0.418 e. The molecule has 0 N–H and O–H groups in total. The monoisotopic (exact) mass is 543 g/mol. The smallest absolute Gasteiger partial charge is 0.418 e. The lowest BCUT2D eigenvalue weighted by Crippen LogP contribution is -2.53. The first-order chi connectivity index (χ1) is 18.0. The van der Waals surface area contributed by atoms with Crippen LogP contribution < -0.4 is 0 Å². The molecule has 9 heteroatoms. The average molecular weight is 544 g/mol. The van der Waals surface area contributed by atoms with E-state index in [4.69, 9.17) is 21.1 Å². The molecule has 0 radical (unpaired) electrons. The van der Waals surface area contributed by atoms with Crippen molar-refractivity contribution in [3.8, 4) is 0 Å². The largest absolute Gasteiger partial charge is 0.462 e. The molecule has 2 heterocycles. The Balaban J connectivity index is 1.41. The summed E-state index contributed by atoms with van der Waals surface area (Å²) in [5.74, 6) is 0.0362. The number of rotatable bonds is 5. The molecule has 204 valence electrons. The van der Waals surface area contributed by atoms with E-state index in [1.165, 1.54) is 29.5 Å². The van der Waals surface area contributed by atoms with Crippen LogP contribution in [0.5, 0.6) is 0 Å². The molecule has 2 atom stereocenters. The molecule has 1 fully saturated rings. The molecule has 0 aromatic heterocycles. The lowest BCUT2D eigenvalue weighted by atomic mass is 9.86. The Kier molecular flexibility index (Phi) is 8.63. The number of hydrogen-bond donors (Lipinski definition) is 0. The van der Waals surface area contributed by atoms with Gasteiger partial charge >= 0.3 is 6.09 Å². The van der Waals surface area contributed by atoms with E-state index in [1.54, 1.807) is 45.2 Å². The van der Waals surface area contributed by atoms with Crippen LogP contribution in [0, 0.1) is 11.7 Å². The van der Waals surface area contributed by atoms with E-state index in [9.17, 15) is 14.0 Å². The first-order valence-electron chi connectivity index (χ1n) is 12.9. The minimum Gasteiger partial charge on any atom is -0.462 e. The molecule has 7 nitrogen and oxygen atoms in total. The Morgan fingerprint density at radius 3 is 2.61 bits per heavy atom. The molecule has 0 spiro atoms. The highest BCUT2D eigenvalue weighted by Crippen LogP contribution is 2.37. The molecular formula is C29H35ClFN3O4. The standard InChI is InChI=1S/C29H35ClFN3O4/c1-20-17-32(18-21-8-10-23(31)11-9-21)12-13-34(20)26(35)16-22-6-5-7-24(30)27(22)25-19-33(14-15-37-25)28(36)38-29(2,3)4/h5,7-11,14-15,19-20,22H,6,12-13,16-18H2,1-4H3. The van der Waals surface area contributed by atoms with E-state index >= 15 is 0 Å². The van der Waals surface area contributed by atoms with Crippen LogP contribution in [0.2, 0.25) is 0 Å². The number of nitrogens with zero attached hydrogens (tertiary/aromatic N) is 3. The molecule has 2 amide bonds. The van der Waals surface area contributed by atoms with Crippen LogP contribution in [0.1, 0.15) is 46.1 Å². The summed E-state index contributed by atoms with van der Waals surface area (Å²) in [6.07, 6.45) is 8.58. The number of piperazine rings is 1. The second-order valence-corrected chi connectivity index (χ2v) is 11.3. The summed E-state index contributed by atoms with van der Waals surface area (Å²) in [5, 5.41) is 0.483. The fourth-order valence-electron chi connectivity index (χ4n) is 4.90. The number of allylic oxidation sites excluding steroid dienone is 4. The van der Waals surface area contributed by atoms with E-state index < -0.39 is 11.7 Å². The predicted octanol–water partition coefficient (Wildman–Crippen LogP) is 5.90. The maximum atomic E-state index is 13.5. The number of carbonyl (C=O) groups excluding carboxylic acids is 2. The second kappa shape index (κ2) is 11.7. The van der Waals surface area contributed by atoms with Gasteiger partial charge in [-0.1, -0.05) is 29.8 Å². The van der Waals surface area contributed by atoms with Gasteiger partial charge in [-0.3, -0.25) is 14.6 Å². The molecule has 3 aliphatic rings. The SMILES string of the molecule is CC1CN(Cc2ccc(F)cc2)CCN1C(=O)CC1CC=CC(Cl)=C1C1=CN(C(=O)OC(C)(C)C)C=CO1. The normalized spacial score (nSPS) is 22.3. The van der Waals surface area contributed by atoms with Gasteiger partial charge in [-0.15, -0.1) is 0 Å². The summed E-state index contributed by atoms with van der Waals surface area (Å²) in [6.45, 7) is 10.3. The van der Waals surface area contributed by atoms with E-state index in [0.29, 0.717) is 29.3 Å². The fourth-order valence-corrected chi connectivity index (χ4v) is 5.23. The summed E-state index contributed by atoms with van der Waals surface area (Å²) < 4.78 is 24.5. The van der Waals surface area contributed by atoms with Gasteiger partial charge in [0.2, 0.25) is 5.91 Å². The van der Waals surface area contributed by atoms with Crippen LogP contribution in [-0.4, -0.2) is 58.0 Å². The average Bonchev–Trinajstić information content (AvgIpc) is 2.84. The van der Waals surface area contributed by atoms with Gasteiger partial charge in [-0.25, -0.2) is 9.18 Å². The highest BCUT2D eigenvalue weighted by atomic mass is 35.5. The summed E-state index contributed by atoms with van der Waals surface area (Å²) in [6, 6.07) is 6.58. The van der Waals surface area contributed by atoms with Gasteiger partial charge in [0.25, 0.3) is 0 Å². The highest BCUT2D eigenvalue weighted by Gasteiger charge is 2.33. The molecule has 1 aromatic rings. The van der Waals surface area contributed by atoms with Crippen LogP contribution in [0.3, 0.4) is 0 Å². The Morgan fingerprint density at radius 1 is 1.18 bits per heavy atom. The van der Waals surface area contributed by atoms with Crippen molar-refractivity contribution in [2.24, 2.45) is 5.92 Å². The number of amides is 2. The number of ether oxygens (including phenoxy) is 2. The number of hydrogen-bond acceptors (Lipinski definition) is 5. The molecule has 2 aliphatic heterocycles. The van der Waals surface area contributed by atoms with E-state index in [-0.39, 0.29) is 30.1 Å². The Labute approximate surface area is 228 Å². The summed E-state index contributed by atoms with van der Waals surface area (Å²) in [7, 11) is 0. The van der Waals surface area contributed by atoms with Gasteiger partial charge in [0, 0.05) is 55.2 Å². The quantitative estimate of drug-likeness (QED) is 0.463. The van der Waals surface area contributed by atoms with Gasteiger partial charge in [-0.05, 0) is 57.9 Å². The van der Waals surface area contributed by atoms with Crippen LogP contribution in [0.25, 0.3) is 0 Å². The predicted molar refractivity (Wildman–Crippen MR) is 144 cm³/mol. The fraction of sp³-hybridized carbons (Fsp3) is 0.448. The second-order valence-electron chi connectivity index (χ2n) is 10.9. The number of halogens is 2. The first kappa shape index (κ1) is 27.9. The van der Waals surface area contributed by atoms with Crippen molar-refractivity contribution in [3.63, 3.8) is 0 Å². The third-order valence-corrected chi connectivity index (χ3v) is 6.99. The summed E-state index contributed by atoms with van der Waals surface area (Å²) in [4.78, 5) is 31.6. The molecular weight excluding hydrogens is 509 g/mol.